The molecule has 0 aliphatic carbocycles. The lowest BCUT2D eigenvalue weighted by atomic mass is 10.1. The van der Waals surface area contributed by atoms with Crippen LogP contribution in [0.2, 0.25) is 0 Å². The van der Waals surface area contributed by atoms with Crippen molar-refractivity contribution in [2.24, 2.45) is 7.05 Å². The average molecular weight is 370 g/mol. The maximum absolute atomic E-state index is 12.4. The molecule has 136 valence electrons. The molecule has 0 saturated heterocycles. The number of nitrogens with zero attached hydrogens (tertiary/aromatic N) is 3. The van der Waals surface area contributed by atoms with E-state index in [1.807, 2.05) is 49.7 Å². The first kappa shape index (κ1) is 18.3. The predicted molar refractivity (Wildman–Crippen MR) is 103 cm³/mol. The van der Waals surface area contributed by atoms with Gasteiger partial charge in [0.2, 0.25) is 5.91 Å². The predicted octanol–water partition coefficient (Wildman–Crippen LogP) is 3.99. The zero-order valence-corrected chi connectivity index (χ0v) is 16.2. The van der Waals surface area contributed by atoms with Gasteiger partial charge in [-0.05, 0) is 37.5 Å². The van der Waals surface area contributed by atoms with Gasteiger partial charge in [-0.25, -0.2) is 0 Å². The number of amides is 1. The molecule has 26 heavy (non-hydrogen) atoms. The molecule has 7 heteroatoms. The Morgan fingerprint density at radius 2 is 2.08 bits per heavy atom. The molecule has 6 nitrogen and oxygen atoms in total. The van der Waals surface area contributed by atoms with E-state index >= 15 is 0 Å². The minimum atomic E-state index is -0.0527. The van der Waals surface area contributed by atoms with Crippen molar-refractivity contribution in [2.45, 2.75) is 32.3 Å². The van der Waals surface area contributed by atoms with Crippen molar-refractivity contribution in [1.29, 1.82) is 0 Å². The SMILES string of the molecule is CCc1cccc(C)c1NC(=O)CSc1nnc(-c2ccoc2C)n1C. The third-order valence-corrected chi connectivity index (χ3v) is 5.29. The summed E-state index contributed by atoms with van der Waals surface area (Å²) in [4.78, 5) is 12.4. The number of aryl methyl sites for hydroxylation is 3. The Balaban J connectivity index is 1.68. The largest absolute Gasteiger partial charge is 0.469 e. The monoisotopic (exact) mass is 370 g/mol. The maximum atomic E-state index is 12.4. The van der Waals surface area contributed by atoms with Crippen LogP contribution < -0.4 is 5.32 Å². The van der Waals surface area contributed by atoms with Gasteiger partial charge in [0, 0.05) is 12.7 Å². The van der Waals surface area contributed by atoms with Gasteiger partial charge in [0.1, 0.15) is 5.76 Å². The highest BCUT2D eigenvalue weighted by atomic mass is 32.2. The van der Waals surface area contributed by atoms with Crippen LogP contribution in [0, 0.1) is 13.8 Å². The molecule has 0 spiro atoms. The first-order valence-corrected chi connectivity index (χ1v) is 9.44. The number of carbonyl (C=O) groups is 1. The number of aromatic nitrogens is 3. The van der Waals surface area contributed by atoms with Crippen molar-refractivity contribution in [3.8, 4) is 11.4 Å². The lowest BCUT2D eigenvalue weighted by Crippen LogP contribution is -2.16. The third-order valence-electron chi connectivity index (χ3n) is 4.27. The van der Waals surface area contributed by atoms with Crippen LogP contribution in [-0.2, 0) is 18.3 Å². The average Bonchev–Trinajstić information content (AvgIpc) is 3.20. The van der Waals surface area contributed by atoms with Crippen LogP contribution >= 0.6 is 11.8 Å². The fourth-order valence-corrected chi connectivity index (χ4v) is 3.51. The van der Waals surface area contributed by atoms with Crippen LogP contribution in [0.15, 0.2) is 40.1 Å². The van der Waals surface area contributed by atoms with Gasteiger partial charge >= 0.3 is 0 Å². The van der Waals surface area contributed by atoms with Gasteiger partial charge in [0.15, 0.2) is 11.0 Å². The van der Waals surface area contributed by atoms with Crippen molar-refractivity contribution in [1.82, 2.24) is 14.8 Å². The van der Waals surface area contributed by atoms with Crippen LogP contribution in [0.5, 0.6) is 0 Å². The van der Waals surface area contributed by atoms with E-state index in [2.05, 4.69) is 22.4 Å². The fraction of sp³-hybridized carbons (Fsp3) is 0.316. The van der Waals surface area contributed by atoms with E-state index in [-0.39, 0.29) is 11.7 Å². The summed E-state index contributed by atoms with van der Waals surface area (Å²) >= 11 is 1.36. The van der Waals surface area contributed by atoms with Crippen LogP contribution in [0.3, 0.4) is 0 Å². The fourth-order valence-electron chi connectivity index (χ4n) is 2.80. The Hall–Kier alpha value is -2.54. The smallest absolute Gasteiger partial charge is 0.234 e. The van der Waals surface area contributed by atoms with Crippen molar-refractivity contribution in [2.75, 3.05) is 11.1 Å². The molecule has 1 N–H and O–H groups in total. The van der Waals surface area contributed by atoms with Gasteiger partial charge in [0.05, 0.1) is 17.6 Å². The van der Waals surface area contributed by atoms with Crippen molar-refractivity contribution in [3.63, 3.8) is 0 Å². The summed E-state index contributed by atoms with van der Waals surface area (Å²) in [6, 6.07) is 7.92. The number of thioether (sulfide) groups is 1. The summed E-state index contributed by atoms with van der Waals surface area (Å²) in [6.45, 7) is 5.97. The number of furan rings is 1. The first-order valence-electron chi connectivity index (χ1n) is 8.46. The number of hydrogen-bond acceptors (Lipinski definition) is 5. The van der Waals surface area contributed by atoms with Crippen LogP contribution in [0.25, 0.3) is 11.4 Å². The Kier molecular flexibility index (Phi) is 5.46. The lowest BCUT2D eigenvalue weighted by molar-refractivity contribution is -0.113. The van der Waals surface area contributed by atoms with Gasteiger partial charge in [-0.15, -0.1) is 10.2 Å². The zero-order valence-electron chi connectivity index (χ0n) is 15.4. The molecule has 0 unspecified atom stereocenters. The molecule has 3 rings (SSSR count). The van der Waals surface area contributed by atoms with Crippen LogP contribution in [-0.4, -0.2) is 26.4 Å². The second-order valence-electron chi connectivity index (χ2n) is 6.06. The Morgan fingerprint density at radius 3 is 2.77 bits per heavy atom. The summed E-state index contributed by atoms with van der Waals surface area (Å²) in [6.07, 6.45) is 2.51. The van der Waals surface area contributed by atoms with Gasteiger partial charge < -0.3 is 14.3 Å². The molecule has 2 heterocycles. The molecule has 1 amide bonds. The number of anilines is 1. The number of rotatable bonds is 6. The van der Waals surface area contributed by atoms with Crippen molar-refractivity contribution in [3.05, 3.63) is 47.4 Å². The Morgan fingerprint density at radius 1 is 1.27 bits per heavy atom. The molecule has 0 aliphatic rings. The maximum Gasteiger partial charge on any atom is 0.234 e. The van der Waals surface area contributed by atoms with Crippen molar-refractivity contribution < 1.29 is 9.21 Å². The van der Waals surface area contributed by atoms with Crippen LogP contribution in [0.4, 0.5) is 5.69 Å². The number of nitrogens with one attached hydrogen (secondary N) is 1. The Labute approximate surface area is 157 Å². The van der Waals surface area contributed by atoms with E-state index in [1.165, 1.54) is 11.8 Å². The highest BCUT2D eigenvalue weighted by Gasteiger charge is 2.16. The summed E-state index contributed by atoms with van der Waals surface area (Å²) in [5.41, 5.74) is 4.02. The van der Waals surface area contributed by atoms with E-state index in [9.17, 15) is 4.79 Å². The lowest BCUT2D eigenvalue weighted by Gasteiger charge is -2.12. The second-order valence-corrected chi connectivity index (χ2v) is 7.00. The van der Waals surface area contributed by atoms with E-state index in [0.717, 1.165) is 40.4 Å². The highest BCUT2D eigenvalue weighted by molar-refractivity contribution is 7.99. The summed E-state index contributed by atoms with van der Waals surface area (Å²) in [5, 5.41) is 12.1. The van der Waals surface area contributed by atoms with E-state index in [0.29, 0.717) is 5.16 Å². The van der Waals surface area contributed by atoms with Gasteiger partial charge in [-0.3, -0.25) is 4.79 Å². The molecular weight excluding hydrogens is 348 g/mol. The summed E-state index contributed by atoms with van der Waals surface area (Å²) in [5.74, 6) is 1.74. The topological polar surface area (TPSA) is 73.0 Å². The highest BCUT2D eigenvalue weighted by Crippen LogP contribution is 2.26. The quantitative estimate of drug-likeness (QED) is 0.664. The molecular formula is C19H22N4O2S. The minimum absolute atomic E-state index is 0.0527. The number of para-hydroxylation sites is 1. The minimum Gasteiger partial charge on any atom is -0.469 e. The molecule has 0 fully saturated rings. The van der Waals surface area contributed by atoms with Crippen LogP contribution in [0.1, 0.15) is 23.8 Å². The molecule has 0 aliphatic heterocycles. The second kappa shape index (κ2) is 7.78. The van der Waals surface area contributed by atoms with Gasteiger partial charge in [-0.1, -0.05) is 36.9 Å². The van der Waals surface area contributed by atoms with E-state index in [1.54, 1.807) is 6.26 Å². The molecule has 3 aromatic rings. The van der Waals surface area contributed by atoms with E-state index < -0.39 is 0 Å². The van der Waals surface area contributed by atoms with Gasteiger partial charge in [-0.2, -0.15) is 0 Å². The summed E-state index contributed by atoms with van der Waals surface area (Å²) < 4.78 is 7.20. The third kappa shape index (κ3) is 3.67. The molecule has 0 atom stereocenters. The van der Waals surface area contributed by atoms with Gasteiger partial charge in [0.25, 0.3) is 0 Å². The zero-order chi connectivity index (χ0) is 18.7. The summed E-state index contributed by atoms with van der Waals surface area (Å²) in [7, 11) is 1.89. The number of hydrogen-bond donors (Lipinski definition) is 1. The standard InChI is InChI=1S/C19H22N4O2S/c1-5-14-8-6-7-12(2)17(14)20-16(24)11-26-19-22-21-18(23(19)4)15-9-10-25-13(15)3/h6-10H,5,11H2,1-4H3,(H,20,24). The molecule has 2 aromatic heterocycles. The number of carbonyl (C=O) groups excluding carboxylic acids is 1. The molecule has 1 aromatic carbocycles. The first-order chi connectivity index (χ1) is 12.5. The molecule has 0 radical (unpaired) electrons. The molecule has 0 bridgehead atoms. The molecule has 0 saturated carbocycles. The Bertz CT molecular complexity index is 930. The van der Waals surface area contributed by atoms with Crippen molar-refractivity contribution >= 4 is 23.4 Å². The number of benzene rings is 1. The van der Waals surface area contributed by atoms with E-state index in [4.69, 9.17) is 4.42 Å². The normalized spacial score (nSPS) is 10.9.